The summed E-state index contributed by atoms with van der Waals surface area (Å²) < 4.78 is 10.6. The van der Waals surface area contributed by atoms with Crippen LogP contribution in [0.15, 0.2) is 36.7 Å². The molecule has 0 aliphatic heterocycles. The van der Waals surface area contributed by atoms with E-state index in [0.717, 1.165) is 5.56 Å². The molecule has 6 heteroatoms. The minimum absolute atomic E-state index is 0.375. The van der Waals surface area contributed by atoms with Crippen LogP contribution in [0.5, 0.6) is 11.6 Å². The van der Waals surface area contributed by atoms with Gasteiger partial charge in [-0.3, -0.25) is 4.98 Å². The van der Waals surface area contributed by atoms with Crippen LogP contribution in [0.25, 0.3) is 0 Å². The smallest absolute Gasteiger partial charge is 0.239 e. The molecule has 1 heterocycles. The summed E-state index contributed by atoms with van der Waals surface area (Å²) in [6.07, 6.45) is 3.03. The van der Waals surface area contributed by atoms with E-state index < -0.39 is 0 Å². The van der Waals surface area contributed by atoms with E-state index >= 15 is 0 Å². The molecule has 0 saturated heterocycles. The highest BCUT2D eigenvalue weighted by molar-refractivity contribution is 5.34. The summed E-state index contributed by atoms with van der Waals surface area (Å²) in [6.45, 7) is 0.535. The number of nitrogens with one attached hydrogen (secondary N) is 1. The van der Waals surface area contributed by atoms with Gasteiger partial charge in [0, 0.05) is 7.11 Å². The van der Waals surface area contributed by atoms with Gasteiger partial charge in [-0.25, -0.2) is 5.84 Å². The van der Waals surface area contributed by atoms with Crippen molar-refractivity contribution in [3.63, 3.8) is 0 Å². The molecule has 1 aromatic heterocycles. The summed E-state index contributed by atoms with van der Waals surface area (Å²) in [7, 11) is 1.65. The molecule has 0 aliphatic carbocycles. The predicted molar refractivity (Wildman–Crippen MR) is 67.1 cm³/mol. The number of nitrogens with zero attached hydrogens (tertiary/aromatic N) is 2. The number of anilines is 1. The fraction of sp³-hybridized carbons (Fsp3) is 0.167. The summed E-state index contributed by atoms with van der Waals surface area (Å²) >= 11 is 0. The van der Waals surface area contributed by atoms with Gasteiger partial charge in [-0.05, 0) is 17.7 Å². The molecule has 18 heavy (non-hydrogen) atoms. The molecule has 0 aliphatic rings. The van der Waals surface area contributed by atoms with Gasteiger partial charge in [0.2, 0.25) is 5.88 Å². The first-order valence-electron chi connectivity index (χ1n) is 5.36. The third-order valence-corrected chi connectivity index (χ3v) is 2.19. The van der Waals surface area contributed by atoms with Gasteiger partial charge < -0.3 is 14.9 Å². The molecule has 0 saturated carbocycles. The maximum absolute atomic E-state index is 5.58. The van der Waals surface area contributed by atoms with Crippen molar-refractivity contribution in [2.45, 2.75) is 6.61 Å². The highest BCUT2D eigenvalue weighted by Gasteiger charge is 2.02. The van der Waals surface area contributed by atoms with Crippen LogP contribution in [0.2, 0.25) is 0 Å². The average molecular weight is 246 g/mol. The van der Waals surface area contributed by atoms with Gasteiger partial charge in [-0.1, -0.05) is 12.1 Å². The fourth-order valence-electron chi connectivity index (χ4n) is 1.45. The second kappa shape index (κ2) is 5.95. The van der Waals surface area contributed by atoms with Gasteiger partial charge >= 0.3 is 0 Å². The maximum atomic E-state index is 5.58. The minimum Gasteiger partial charge on any atom is -0.437 e. The monoisotopic (exact) mass is 246 g/mol. The summed E-state index contributed by atoms with van der Waals surface area (Å²) in [6, 6.07) is 7.57. The first-order chi connectivity index (χ1) is 8.81. The Kier molecular flexibility index (Phi) is 4.06. The number of ether oxygens (including phenoxy) is 2. The number of aromatic nitrogens is 2. The van der Waals surface area contributed by atoms with Crippen molar-refractivity contribution >= 4 is 5.82 Å². The van der Waals surface area contributed by atoms with Crippen molar-refractivity contribution in [1.29, 1.82) is 0 Å². The number of hydrogen-bond acceptors (Lipinski definition) is 6. The molecule has 0 atom stereocenters. The minimum atomic E-state index is 0.375. The lowest BCUT2D eigenvalue weighted by molar-refractivity contribution is 0.184. The molecule has 0 unspecified atom stereocenters. The Morgan fingerprint density at radius 2 is 2.22 bits per heavy atom. The van der Waals surface area contributed by atoms with Crippen LogP contribution in [-0.2, 0) is 11.3 Å². The first kappa shape index (κ1) is 12.3. The third-order valence-electron chi connectivity index (χ3n) is 2.19. The van der Waals surface area contributed by atoms with Gasteiger partial charge in [0.05, 0.1) is 19.0 Å². The van der Waals surface area contributed by atoms with E-state index in [-0.39, 0.29) is 0 Å². The predicted octanol–water partition coefficient (Wildman–Crippen LogP) is 1.70. The van der Waals surface area contributed by atoms with Crippen LogP contribution < -0.4 is 16.0 Å². The van der Waals surface area contributed by atoms with E-state index in [2.05, 4.69) is 15.4 Å². The largest absolute Gasteiger partial charge is 0.437 e. The number of hydrogen-bond donors (Lipinski definition) is 2. The van der Waals surface area contributed by atoms with Crippen molar-refractivity contribution in [2.75, 3.05) is 12.5 Å². The van der Waals surface area contributed by atoms with Crippen molar-refractivity contribution in [2.24, 2.45) is 5.84 Å². The van der Waals surface area contributed by atoms with E-state index in [9.17, 15) is 0 Å². The van der Waals surface area contributed by atoms with Crippen molar-refractivity contribution in [1.82, 2.24) is 9.97 Å². The van der Waals surface area contributed by atoms with Crippen LogP contribution in [0.4, 0.5) is 5.82 Å². The summed E-state index contributed by atoms with van der Waals surface area (Å²) in [5, 5.41) is 0. The molecule has 2 aromatic rings. The van der Waals surface area contributed by atoms with Crippen LogP contribution >= 0.6 is 0 Å². The second-order valence-electron chi connectivity index (χ2n) is 3.57. The van der Waals surface area contributed by atoms with Crippen molar-refractivity contribution in [3.8, 4) is 11.6 Å². The molecule has 0 spiro atoms. The number of nitrogen functional groups attached to an aromatic ring is 1. The summed E-state index contributed by atoms with van der Waals surface area (Å²) in [5.74, 6) is 6.75. The SMILES string of the molecule is COCc1cccc(Oc2cncc(NN)n2)c1. The lowest BCUT2D eigenvalue weighted by Crippen LogP contribution is -2.09. The molecule has 6 nitrogen and oxygen atoms in total. The van der Waals surface area contributed by atoms with Crippen LogP contribution in [0, 0.1) is 0 Å². The highest BCUT2D eigenvalue weighted by Crippen LogP contribution is 2.20. The number of benzene rings is 1. The molecule has 1 aromatic carbocycles. The molecule has 0 bridgehead atoms. The van der Waals surface area contributed by atoms with Gasteiger partial charge in [0.15, 0.2) is 5.82 Å². The van der Waals surface area contributed by atoms with E-state index in [1.54, 1.807) is 7.11 Å². The number of nitrogens with two attached hydrogens (primary N) is 1. The Bertz CT molecular complexity index is 519. The topological polar surface area (TPSA) is 82.3 Å². The zero-order valence-electron chi connectivity index (χ0n) is 9.96. The number of rotatable bonds is 5. The molecule has 94 valence electrons. The molecule has 0 radical (unpaired) electrons. The van der Waals surface area contributed by atoms with E-state index in [4.69, 9.17) is 15.3 Å². The Balaban J connectivity index is 2.14. The third kappa shape index (κ3) is 3.16. The Labute approximate surface area is 105 Å². The van der Waals surface area contributed by atoms with Crippen molar-refractivity contribution < 1.29 is 9.47 Å². The molecule has 0 fully saturated rings. The van der Waals surface area contributed by atoms with E-state index in [1.165, 1.54) is 12.4 Å². The summed E-state index contributed by atoms with van der Waals surface area (Å²) in [5.41, 5.74) is 3.44. The zero-order chi connectivity index (χ0) is 12.8. The number of methoxy groups -OCH3 is 1. The quantitative estimate of drug-likeness (QED) is 0.617. The molecular weight excluding hydrogens is 232 g/mol. The molecule has 0 amide bonds. The van der Waals surface area contributed by atoms with Gasteiger partial charge in [0.1, 0.15) is 5.75 Å². The Hall–Kier alpha value is -2.18. The molecule has 2 rings (SSSR count). The van der Waals surface area contributed by atoms with Gasteiger partial charge in [0.25, 0.3) is 0 Å². The van der Waals surface area contributed by atoms with Crippen LogP contribution in [0.3, 0.4) is 0 Å². The standard InChI is InChI=1S/C12H14N4O2/c1-17-8-9-3-2-4-10(5-9)18-12-7-14-6-11(15-12)16-13/h2-7H,8,13H2,1H3,(H,15,16). The average Bonchev–Trinajstić information content (AvgIpc) is 2.40. The summed E-state index contributed by atoms with van der Waals surface area (Å²) in [4.78, 5) is 8.07. The highest BCUT2D eigenvalue weighted by atomic mass is 16.5. The van der Waals surface area contributed by atoms with Crippen LogP contribution in [-0.4, -0.2) is 17.1 Å². The van der Waals surface area contributed by atoms with Crippen LogP contribution in [0.1, 0.15) is 5.56 Å². The lowest BCUT2D eigenvalue weighted by atomic mass is 10.2. The Morgan fingerprint density at radius 3 is 3.00 bits per heavy atom. The number of hydrazine groups is 1. The van der Waals surface area contributed by atoms with Gasteiger partial charge in [-0.2, -0.15) is 4.98 Å². The van der Waals surface area contributed by atoms with Crippen molar-refractivity contribution in [3.05, 3.63) is 42.2 Å². The van der Waals surface area contributed by atoms with E-state index in [0.29, 0.717) is 24.1 Å². The maximum Gasteiger partial charge on any atom is 0.239 e. The zero-order valence-corrected chi connectivity index (χ0v) is 9.96. The molecular formula is C12H14N4O2. The fourth-order valence-corrected chi connectivity index (χ4v) is 1.45. The normalized spacial score (nSPS) is 10.1. The first-order valence-corrected chi connectivity index (χ1v) is 5.36. The molecule has 3 N–H and O–H groups in total. The lowest BCUT2D eigenvalue weighted by Gasteiger charge is -2.07. The van der Waals surface area contributed by atoms with Gasteiger partial charge in [-0.15, -0.1) is 0 Å². The Morgan fingerprint density at radius 1 is 1.33 bits per heavy atom. The van der Waals surface area contributed by atoms with E-state index in [1.807, 2.05) is 24.3 Å². The second-order valence-corrected chi connectivity index (χ2v) is 3.57.